The highest BCUT2D eigenvalue weighted by atomic mass is 16.5. The number of carbonyl (C=O) groups excluding carboxylic acids is 1. The molecule has 1 atom stereocenters. The summed E-state index contributed by atoms with van der Waals surface area (Å²) in [4.78, 5) is 23.8. The molecular formula is C18H22N8O2. The molecule has 3 aromatic rings. The number of rotatable bonds is 4. The van der Waals surface area contributed by atoms with Crippen molar-refractivity contribution in [1.29, 1.82) is 0 Å². The summed E-state index contributed by atoms with van der Waals surface area (Å²) in [6.07, 6.45) is 4.86. The Labute approximate surface area is 161 Å². The Morgan fingerprint density at radius 1 is 1.43 bits per heavy atom. The zero-order valence-electron chi connectivity index (χ0n) is 15.7. The Morgan fingerprint density at radius 3 is 3.07 bits per heavy atom. The number of nitrogens with one attached hydrogen (secondary N) is 2. The van der Waals surface area contributed by atoms with Crippen LogP contribution in [0.4, 0.5) is 17.3 Å². The first-order valence-corrected chi connectivity index (χ1v) is 8.99. The summed E-state index contributed by atoms with van der Waals surface area (Å²) in [6, 6.07) is 3.91. The lowest BCUT2D eigenvalue weighted by Gasteiger charge is -2.32. The number of piperazine rings is 1. The summed E-state index contributed by atoms with van der Waals surface area (Å²) in [7, 11) is 1.52. The number of aromatic nitrogens is 4. The zero-order chi connectivity index (χ0) is 19.7. The second-order valence-corrected chi connectivity index (χ2v) is 6.65. The molecule has 4 rings (SSSR count). The van der Waals surface area contributed by atoms with Crippen molar-refractivity contribution in [1.82, 2.24) is 24.9 Å². The molecule has 4 N–H and O–H groups in total. The van der Waals surface area contributed by atoms with E-state index in [4.69, 9.17) is 10.5 Å². The summed E-state index contributed by atoms with van der Waals surface area (Å²) in [5.74, 6) is 0.978. The fraction of sp³-hybridized carbons (Fsp3) is 0.333. The minimum atomic E-state index is -0.419. The summed E-state index contributed by atoms with van der Waals surface area (Å²) >= 11 is 0. The van der Waals surface area contributed by atoms with Gasteiger partial charge in [-0.25, -0.2) is 9.50 Å². The summed E-state index contributed by atoms with van der Waals surface area (Å²) in [5, 5.41) is 10.4. The van der Waals surface area contributed by atoms with E-state index in [0.717, 1.165) is 25.5 Å². The lowest BCUT2D eigenvalue weighted by atomic mass is 10.2. The van der Waals surface area contributed by atoms with Gasteiger partial charge in [-0.05, 0) is 13.0 Å². The number of hydrogen-bond acceptors (Lipinski definition) is 8. The van der Waals surface area contributed by atoms with E-state index in [1.807, 2.05) is 6.07 Å². The molecule has 0 radical (unpaired) electrons. The lowest BCUT2D eigenvalue weighted by molar-refractivity contribution is 0.102. The van der Waals surface area contributed by atoms with Gasteiger partial charge in [0.1, 0.15) is 22.8 Å². The van der Waals surface area contributed by atoms with Crippen molar-refractivity contribution in [2.24, 2.45) is 0 Å². The number of amides is 1. The number of hydrogen-bond donors (Lipinski definition) is 3. The number of anilines is 3. The maximum Gasteiger partial charge on any atom is 0.263 e. The third kappa shape index (κ3) is 3.29. The van der Waals surface area contributed by atoms with Crippen LogP contribution >= 0.6 is 0 Å². The standard InChI is InChI=1S/C18H22N8O2/c1-11-10-25(8-6-21-11)14-4-7-26-17(23-14)15(16(19)24-26)18(27)22-12-9-20-5-3-13(12)28-2/h3-5,7,9,11,21H,6,8,10H2,1-2H3,(H2,19,24)(H,22,27). The maximum atomic E-state index is 12.9. The Balaban J connectivity index is 1.69. The van der Waals surface area contributed by atoms with Crippen LogP contribution in [0.1, 0.15) is 17.3 Å². The number of nitrogen functional groups attached to an aromatic ring is 1. The lowest BCUT2D eigenvalue weighted by Crippen LogP contribution is -2.49. The molecule has 1 aliphatic heterocycles. The van der Waals surface area contributed by atoms with Gasteiger partial charge in [0.15, 0.2) is 11.5 Å². The molecule has 10 heteroatoms. The predicted molar refractivity (Wildman–Crippen MR) is 106 cm³/mol. The summed E-state index contributed by atoms with van der Waals surface area (Å²) in [6.45, 7) is 4.68. The molecule has 0 spiro atoms. The first-order valence-electron chi connectivity index (χ1n) is 8.99. The van der Waals surface area contributed by atoms with Crippen LogP contribution < -0.4 is 26.0 Å². The van der Waals surface area contributed by atoms with Crippen molar-refractivity contribution in [3.63, 3.8) is 0 Å². The number of pyridine rings is 1. The fourth-order valence-corrected chi connectivity index (χ4v) is 3.31. The summed E-state index contributed by atoms with van der Waals surface area (Å²) in [5.41, 5.74) is 7.09. The smallest absolute Gasteiger partial charge is 0.263 e. The van der Waals surface area contributed by atoms with Crippen LogP contribution in [0.2, 0.25) is 0 Å². The van der Waals surface area contributed by atoms with Crippen LogP contribution in [-0.2, 0) is 0 Å². The van der Waals surface area contributed by atoms with E-state index < -0.39 is 5.91 Å². The van der Waals surface area contributed by atoms with Crippen molar-refractivity contribution in [3.05, 3.63) is 36.3 Å². The Hall–Kier alpha value is -3.40. The Morgan fingerprint density at radius 2 is 2.29 bits per heavy atom. The molecule has 0 aliphatic carbocycles. The van der Waals surface area contributed by atoms with E-state index in [0.29, 0.717) is 23.1 Å². The van der Waals surface area contributed by atoms with Gasteiger partial charge in [0, 0.05) is 44.1 Å². The molecule has 0 bridgehead atoms. The molecule has 1 amide bonds. The van der Waals surface area contributed by atoms with Crippen LogP contribution in [-0.4, -0.2) is 58.3 Å². The van der Waals surface area contributed by atoms with Crippen LogP contribution in [0.3, 0.4) is 0 Å². The van der Waals surface area contributed by atoms with Crippen LogP contribution in [0.15, 0.2) is 30.7 Å². The SMILES string of the molecule is COc1ccncc1NC(=O)c1c(N)nn2ccc(N3CCNC(C)C3)nc12. The van der Waals surface area contributed by atoms with Crippen LogP contribution in [0.25, 0.3) is 5.65 Å². The zero-order valence-corrected chi connectivity index (χ0v) is 15.7. The molecule has 1 fully saturated rings. The number of carbonyl (C=O) groups is 1. The number of fused-ring (bicyclic) bond motifs is 1. The number of nitrogens with two attached hydrogens (primary N) is 1. The normalized spacial score (nSPS) is 16.9. The molecule has 0 saturated carbocycles. The highest BCUT2D eigenvalue weighted by Gasteiger charge is 2.23. The second kappa shape index (κ2) is 7.31. The van der Waals surface area contributed by atoms with Gasteiger partial charge in [-0.1, -0.05) is 0 Å². The molecule has 1 aliphatic rings. The van der Waals surface area contributed by atoms with Crippen molar-refractivity contribution in [2.45, 2.75) is 13.0 Å². The van der Waals surface area contributed by atoms with E-state index in [1.165, 1.54) is 17.8 Å². The molecule has 1 unspecified atom stereocenters. The quantitative estimate of drug-likeness (QED) is 0.605. The van der Waals surface area contributed by atoms with Crippen molar-refractivity contribution in [3.8, 4) is 5.75 Å². The number of nitrogens with zero attached hydrogens (tertiary/aromatic N) is 5. The van der Waals surface area contributed by atoms with E-state index in [2.05, 4.69) is 37.5 Å². The van der Waals surface area contributed by atoms with Gasteiger partial charge < -0.3 is 26.0 Å². The van der Waals surface area contributed by atoms with Gasteiger partial charge in [-0.15, -0.1) is 5.10 Å². The average Bonchev–Trinajstić information content (AvgIpc) is 3.03. The third-order valence-electron chi connectivity index (χ3n) is 4.67. The molecular weight excluding hydrogens is 360 g/mol. The van der Waals surface area contributed by atoms with E-state index in [1.54, 1.807) is 18.5 Å². The third-order valence-corrected chi connectivity index (χ3v) is 4.67. The Kier molecular flexibility index (Phi) is 4.70. The predicted octanol–water partition coefficient (Wildman–Crippen LogP) is 0.765. The van der Waals surface area contributed by atoms with Gasteiger partial charge in [-0.2, -0.15) is 0 Å². The molecule has 1 saturated heterocycles. The molecule has 28 heavy (non-hydrogen) atoms. The van der Waals surface area contributed by atoms with Gasteiger partial charge in [0.05, 0.1) is 13.3 Å². The average molecular weight is 382 g/mol. The van der Waals surface area contributed by atoms with Crippen molar-refractivity contribution in [2.75, 3.05) is 42.7 Å². The van der Waals surface area contributed by atoms with E-state index in [-0.39, 0.29) is 11.4 Å². The van der Waals surface area contributed by atoms with Crippen LogP contribution in [0.5, 0.6) is 5.75 Å². The topological polar surface area (TPSA) is 123 Å². The number of methoxy groups -OCH3 is 1. The van der Waals surface area contributed by atoms with Gasteiger partial charge in [0.2, 0.25) is 0 Å². The fourth-order valence-electron chi connectivity index (χ4n) is 3.31. The van der Waals surface area contributed by atoms with Crippen molar-refractivity contribution >= 4 is 28.9 Å². The molecule has 3 aromatic heterocycles. The second-order valence-electron chi connectivity index (χ2n) is 6.65. The van der Waals surface area contributed by atoms with E-state index in [9.17, 15) is 4.79 Å². The van der Waals surface area contributed by atoms with Gasteiger partial charge in [-0.3, -0.25) is 9.78 Å². The first kappa shape index (κ1) is 18.0. The first-order chi connectivity index (χ1) is 13.6. The monoisotopic (exact) mass is 382 g/mol. The molecule has 10 nitrogen and oxygen atoms in total. The highest BCUT2D eigenvalue weighted by molar-refractivity contribution is 6.12. The summed E-state index contributed by atoms with van der Waals surface area (Å²) < 4.78 is 6.77. The Bertz CT molecular complexity index is 1020. The minimum absolute atomic E-state index is 0.110. The number of ether oxygens (including phenoxy) is 1. The van der Waals surface area contributed by atoms with Crippen LogP contribution in [0, 0.1) is 0 Å². The molecule has 146 valence electrons. The minimum Gasteiger partial charge on any atom is -0.494 e. The molecule has 0 aromatic carbocycles. The van der Waals surface area contributed by atoms with Crippen molar-refractivity contribution < 1.29 is 9.53 Å². The van der Waals surface area contributed by atoms with Gasteiger partial charge in [0.25, 0.3) is 5.91 Å². The van der Waals surface area contributed by atoms with E-state index >= 15 is 0 Å². The largest absolute Gasteiger partial charge is 0.494 e. The maximum absolute atomic E-state index is 12.9. The highest BCUT2D eigenvalue weighted by Crippen LogP contribution is 2.25. The molecule has 4 heterocycles. The van der Waals surface area contributed by atoms with Gasteiger partial charge >= 0.3 is 0 Å².